The van der Waals surface area contributed by atoms with Crippen LogP contribution in [0.5, 0.6) is 11.5 Å². The van der Waals surface area contributed by atoms with E-state index < -0.39 is 0 Å². The molecule has 2 N–H and O–H groups in total. The van der Waals surface area contributed by atoms with Gasteiger partial charge in [-0.05, 0) is 31.0 Å². The smallest absolute Gasteiger partial charge is 0.210 e. The van der Waals surface area contributed by atoms with Crippen LogP contribution in [0.2, 0.25) is 0 Å². The lowest BCUT2D eigenvalue weighted by atomic mass is 10.2. The van der Waals surface area contributed by atoms with Gasteiger partial charge in [0.05, 0.1) is 0 Å². The standard InChI is InChI=1S/C18H18N4OS/c19-22-17(13-10-11-13)20-21-18(22)24-12-14-6-4-5-9-16(14)23-15-7-2-1-3-8-15/h1-9,13H,10-12,19H2. The first-order valence-electron chi connectivity index (χ1n) is 7.95. The number of ether oxygens (including phenoxy) is 1. The van der Waals surface area contributed by atoms with Crippen molar-refractivity contribution in [3.63, 3.8) is 0 Å². The van der Waals surface area contributed by atoms with Crippen molar-refractivity contribution in [2.75, 3.05) is 5.84 Å². The van der Waals surface area contributed by atoms with E-state index in [1.54, 1.807) is 16.4 Å². The van der Waals surface area contributed by atoms with Crippen LogP contribution in [0, 0.1) is 0 Å². The minimum Gasteiger partial charge on any atom is -0.457 e. The summed E-state index contributed by atoms with van der Waals surface area (Å²) < 4.78 is 7.62. The van der Waals surface area contributed by atoms with Gasteiger partial charge in [0, 0.05) is 17.2 Å². The Balaban J connectivity index is 1.48. The molecule has 0 bridgehead atoms. The number of nitrogen functional groups attached to an aromatic ring is 1. The summed E-state index contributed by atoms with van der Waals surface area (Å²) >= 11 is 1.58. The molecule has 0 amide bonds. The van der Waals surface area contributed by atoms with Crippen LogP contribution in [0.1, 0.15) is 30.1 Å². The second-order valence-corrected chi connectivity index (χ2v) is 6.74. The summed E-state index contributed by atoms with van der Waals surface area (Å²) in [6, 6.07) is 17.8. The van der Waals surface area contributed by atoms with Crippen molar-refractivity contribution in [2.45, 2.75) is 29.7 Å². The van der Waals surface area contributed by atoms with Crippen LogP contribution >= 0.6 is 11.8 Å². The van der Waals surface area contributed by atoms with Crippen molar-refractivity contribution < 1.29 is 4.74 Å². The summed E-state index contributed by atoms with van der Waals surface area (Å²) in [6.45, 7) is 0. The average Bonchev–Trinajstić information content (AvgIpc) is 3.39. The topological polar surface area (TPSA) is 66.0 Å². The zero-order valence-electron chi connectivity index (χ0n) is 13.1. The number of para-hydroxylation sites is 2. The Bertz CT molecular complexity index is 830. The van der Waals surface area contributed by atoms with Crippen LogP contribution in [0.25, 0.3) is 0 Å². The lowest BCUT2D eigenvalue weighted by Crippen LogP contribution is -2.13. The summed E-state index contributed by atoms with van der Waals surface area (Å²) in [6.07, 6.45) is 2.32. The van der Waals surface area contributed by atoms with Gasteiger partial charge in [-0.1, -0.05) is 48.2 Å². The summed E-state index contributed by atoms with van der Waals surface area (Å²) in [5, 5.41) is 9.17. The summed E-state index contributed by atoms with van der Waals surface area (Å²) in [7, 11) is 0. The monoisotopic (exact) mass is 338 g/mol. The Morgan fingerprint density at radius 3 is 2.58 bits per heavy atom. The van der Waals surface area contributed by atoms with Crippen molar-refractivity contribution in [2.24, 2.45) is 0 Å². The van der Waals surface area contributed by atoms with Crippen LogP contribution in [-0.4, -0.2) is 14.9 Å². The molecule has 1 aliphatic rings. The normalized spacial score (nSPS) is 13.8. The molecule has 1 aliphatic carbocycles. The predicted molar refractivity (Wildman–Crippen MR) is 94.7 cm³/mol. The molecule has 1 fully saturated rings. The maximum absolute atomic E-state index is 6.11. The van der Waals surface area contributed by atoms with E-state index in [2.05, 4.69) is 16.3 Å². The molecule has 2 aromatic carbocycles. The van der Waals surface area contributed by atoms with E-state index >= 15 is 0 Å². The largest absolute Gasteiger partial charge is 0.457 e. The van der Waals surface area contributed by atoms with Crippen molar-refractivity contribution in [3.8, 4) is 11.5 Å². The lowest BCUT2D eigenvalue weighted by Gasteiger charge is -2.10. The Labute approximate surface area is 144 Å². The second-order valence-electron chi connectivity index (χ2n) is 5.80. The molecule has 0 spiro atoms. The minimum atomic E-state index is 0.491. The fourth-order valence-corrected chi connectivity index (χ4v) is 3.34. The molecule has 0 aliphatic heterocycles. The molecular formula is C18H18N4OS. The van der Waals surface area contributed by atoms with Gasteiger partial charge in [-0.3, -0.25) is 0 Å². The molecule has 0 radical (unpaired) electrons. The summed E-state index contributed by atoms with van der Waals surface area (Å²) in [5.41, 5.74) is 1.10. The zero-order valence-corrected chi connectivity index (χ0v) is 13.9. The molecule has 1 saturated carbocycles. The second kappa shape index (κ2) is 6.57. The van der Waals surface area contributed by atoms with E-state index in [9.17, 15) is 0 Å². The van der Waals surface area contributed by atoms with E-state index in [0.717, 1.165) is 46.6 Å². The maximum atomic E-state index is 6.11. The third-order valence-corrected chi connectivity index (χ3v) is 4.93. The molecule has 3 aromatic rings. The molecule has 0 atom stereocenters. The summed E-state index contributed by atoms with van der Waals surface area (Å²) in [5.74, 6) is 9.90. The molecular weight excluding hydrogens is 320 g/mol. The number of nitrogens with two attached hydrogens (primary N) is 1. The van der Waals surface area contributed by atoms with Gasteiger partial charge in [0.15, 0.2) is 5.82 Å². The van der Waals surface area contributed by atoms with E-state index in [4.69, 9.17) is 10.6 Å². The molecule has 1 aromatic heterocycles. The zero-order chi connectivity index (χ0) is 16.4. The molecule has 0 unspecified atom stereocenters. The first-order valence-corrected chi connectivity index (χ1v) is 8.94. The van der Waals surface area contributed by atoms with E-state index in [1.807, 2.05) is 48.5 Å². The van der Waals surface area contributed by atoms with Gasteiger partial charge < -0.3 is 10.6 Å². The Kier molecular flexibility index (Phi) is 4.13. The number of rotatable bonds is 6. The van der Waals surface area contributed by atoms with Crippen molar-refractivity contribution >= 4 is 11.8 Å². The fraction of sp³-hybridized carbons (Fsp3) is 0.222. The predicted octanol–water partition coefficient (Wildman–Crippen LogP) is 3.95. The highest BCUT2D eigenvalue weighted by molar-refractivity contribution is 7.98. The number of hydrogen-bond donors (Lipinski definition) is 1. The van der Waals surface area contributed by atoms with Crippen LogP contribution in [-0.2, 0) is 5.75 Å². The maximum Gasteiger partial charge on any atom is 0.210 e. The van der Waals surface area contributed by atoms with Gasteiger partial charge in [0.2, 0.25) is 5.16 Å². The van der Waals surface area contributed by atoms with Crippen LogP contribution in [0.15, 0.2) is 59.8 Å². The highest BCUT2D eigenvalue weighted by atomic mass is 32.2. The van der Waals surface area contributed by atoms with E-state index in [-0.39, 0.29) is 0 Å². The first-order chi connectivity index (χ1) is 11.8. The van der Waals surface area contributed by atoms with Crippen LogP contribution in [0.3, 0.4) is 0 Å². The van der Waals surface area contributed by atoms with E-state index in [1.165, 1.54) is 0 Å². The quantitative estimate of drug-likeness (QED) is 0.544. The molecule has 6 heteroatoms. The molecule has 122 valence electrons. The summed E-state index contributed by atoms with van der Waals surface area (Å²) in [4.78, 5) is 0. The minimum absolute atomic E-state index is 0.491. The molecule has 24 heavy (non-hydrogen) atoms. The number of aromatic nitrogens is 3. The molecule has 4 rings (SSSR count). The molecule has 0 saturated heterocycles. The first kappa shape index (κ1) is 15.1. The average molecular weight is 338 g/mol. The Hall–Kier alpha value is -2.47. The van der Waals surface area contributed by atoms with Gasteiger partial charge in [0.1, 0.15) is 11.5 Å². The number of thioether (sulfide) groups is 1. The van der Waals surface area contributed by atoms with Crippen molar-refractivity contribution in [1.29, 1.82) is 0 Å². The molecule has 1 heterocycles. The lowest BCUT2D eigenvalue weighted by molar-refractivity contribution is 0.478. The van der Waals surface area contributed by atoms with Gasteiger partial charge in [-0.25, -0.2) is 4.68 Å². The van der Waals surface area contributed by atoms with E-state index in [0.29, 0.717) is 5.92 Å². The highest BCUT2D eigenvalue weighted by Crippen LogP contribution is 2.39. The number of benzene rings is 2. The highest BCUT2D eigenvalue weighted by Gasteiger charge is 2.29. The number of hydrogen-bond acceptors (Lipinski definition) is 5. The van der Waals surface area contributed by atoms with Gasteiger partial charge in [-0.2, -0.15) is 0 Å². The van der Waals surface area contributed by atoms with Crippen molar-refractivity contribution in [1.82, 2.24) is 14.9 Å². The molecule has 5 nitrogen and oxygen atoms in total. The van der Waals surface area contributed by atoms with Gasteiger partial charge >= 0.3 is 0 Å². The van der Waals surface area contributed by atoms with Crippen LogP contribution in [0.4, 0.5) is 0 Å². The van der Waals surface area contributed by atoms with Crippen LogP contribution < -0.4 is 10.6 Å². The Morgan fingerprint density at radius 1 is 1.04 bits per heavy atom. The number of nitrogens with zero attached hydrogens (tertiary/aromatic N) is 3. The SMILES string of the molecule is Nn1c(SCc2ccccc2Oc2ccccc2)nnc1C1CC1. The van der Waals surface area contributed by atoms with Crippen molar-refractivity contribution in [3.05, 3.63) is 66.0 Å². The fourth-order valence-electron chi connectivity index (χ4n) is 2.49. The van der Waals surface area contributed by atoms with Gasteiger partial charge in [-0.15, -0.1) is 10.2 Å². The van der Waals surface area contributed by atoms with Gasteiger partial charge in [0.25, 0.3) is 0 Å². The Morgan fingerprint density at radius 2 is 1.79 bits per heavy atom. The third-order valence-electron chi connectivity index (χ3n) is 3.93. The third kappa shape index (κ3) is 3.23.